The smallest absolute Gasteiger partial charge is 0.311 e. The summed E-state index contributed by atoms with van der Waals surface area (Å²) < 4.78 is 22.3. The van der Waals surface area contributed by atoms with E-state index in [0.717, 1.165) is 38.1 Å². The molecule has 3 rings (SSSR count). The summed E-state index contributed by atoms with van der Waals surface area (Å²) in [6, 6.07) is 14.0. The predicted molar refractivity (Wildman–Crippen MR) is 162 cm³/mol. The van der Waals surface area contributed by atoms with Gasteiger partial charge in [-0.2, -0.15) is 0 Å². The van der Waals surface area contributed by atoms with Crippen LogP contribution in [-0.2, 0) is 19.1 Å². The topological polar surface area (TPSA) is 138 Å². The van der Waals surface area contributed by atoms with Crippen molar-refractivity contribution in [1.82, 2.24) is 10.6 Å². The van der Waals surface area contributed by atoms with Gasteiger partial charge < -0.3 is 29.6 Å². The van der Waals surface area contributed by atoms with E-state index < -0.39 is 45.7 Å². The SMILES string of the molecule is COC(=O)C1C(c2cc([N+](=O)[O-])ccc2OCCCCNCCCOc2ccccc2)C(C(=O)OC)C(C)(C)NC1(C)C. The normalized spacial score (nSPS) is 20.6. The van der Waals surface area contributed by atoms with Crippen LogP contribution in [0.25, 0.3) is 0 Å². The van der Waals surface area contributed by atoms with Crippen molar-refractivity contribution in [1.29, 1.82) is 0 Å². The summed E-state index contributed by atoms with van der Waals surface area (Å²) in [5.74, 6) is -2.38. The molecule has 0 saturated carbocycles. The summed E-state index contributed by atoms with van der Waals surface area (Å²) in [5.41, 5.74) is -1.42. The molecular weight excluding hydrogens is 554 g/mol. The number of nitrogens with one attached hydrogen (secondary N) is 2. The predicted octanol–water partition coefficient (Wildman–Crippen LogP) is 4.63. The van der Waals surface area contributed by atoms with Crippen LogP contribution in [-0.4, -0.2) is 68.5 Å². The minimum atomic E-state index is -0.867. The highest BCUT2D eigenvalue weighted by Gasteiger charge is 2.59. The van der Waals surface area contributed by atoms with Crippen molar-refractivity contribution in [2.24, 2.45) is 11.8 Å². The highest BCUT2D eigenvalue weighted by molar-refractivity contribution is 5.82. The Labute approximate surface area is 253 Å². The van der Waals surface area contributed by atoms with Crippen LogP contribution in [0.1, 0.15) is 58.4 Å². The van der Waals surface area contributed by atoms with E-state index in [0.29, 0.717) is 24.5 Å². The molecule has 236 valence electrons. The summed E-state index contributed by atoms with van der Waals surface area (Å²) in [7, 11) is 2.58. The van der Waals surface area contributed by atoms with Crippen molar-refractivity contribution in [2.75, 3.05) is 40.5 Å². The fourth-order valence-corrected chi connectivity index (χ4v) is 6.18. The van der Waals surface area contributed by atoms with Crippen molar-refractivity contribution < 1.29 is 33.5 Å². The Morgan fingerprint density at radius 3 is 2.02 bits per heavy atom. The highest BCUT2D eigenvalue weighted by Crippen LogP contribution is 2.51. The van der Waals surface area contributed by atoms with Crippen molar-refractivity contribution in [2.45, 2.75) is 64.0 Å². The molecule has 1 saturated heterocycles. The standard InChI is InChI=1S/C32H45N3O8/c1-31(2)27(29(36)40-5)26(28(30(37)41-6)32(3,4)34-31)24-21-22(35(38)39)15-16-25(24)43-19-11-10-17-33-18-12-20-42-23-13-8-7-9-14-23/h7-9,13-16,21,26-28,33-34H,10-12,17-20H2,1-6H3. The summed E-state index contributed by atoms with van der Waals surface area (Å²) in [4.78, 5) is 37.8. The number of nitro benzene ring substituents is 1. The Hall–Kier alpha value is -3.70. The number of ether oxygens (including phenoxy) is 4. The van der Waals surface area contributed by atoms with Gasteiger partial charge in [0, 0.05) is 34.7 Å². The number of carbonyl (C=O) groups excluding carboxylic acids is 2. The van der Waals surface area contributed by atoms with Crippen molar-refractivity contribution in [3.05, 3.63) is 64.2 Å². The Balaban J connectivity index is 1.72. The molecule has 0 aromatic heterocycles. The number of hydrogen-bond donors (Lipinski definition) is 2. The molecule has 1 fully saturated rings. The molecule has 1 heterocycles. The number of methoxy groups -OCH3 is 2. The average molecular weight is 600 g/mol. The second-order valence-corrected chi connectivity index (χ2v) is 11.9. The molecule has 2 unspecified atom stereocenters. The molecule has 0 amide bonds. The van der Waals surface area contributed by atoms with Gasteiger partial charge in [-0.15, -0.1) is 0 Å². The molecule has 2 aromatic carbocycles. The zero-order valence-electron chi connectivity index (χ0n) is 26.0. The third-order valence-corrected chi connectivity index (χ3v) is 7.91. The second-order valence-electron chi connectivity index (χ2n) is 11.9. The van der Waals surface area contributed by atoms with Gasteiger partial charge in [0.25, 0.3) is 5.69 Å². The molecule has 0 bridgehead atoms. The molecular formula is C32H45N3O8. The quantitative estimate of drug-likeness (QED) is 0.129. The average Bonchev–Trinajstić information content (AvgIpc) is 2.96. The number of carbonyl (C=O) groups is 2. The van der Waals surface area contributed by atoms with Crippen LogP contribution < -0.4 is 20.1 Å². The fraction of sp³-hybridized carbons (Fsp3) is 0.562. The molecule has 2 aromatic rings. The third-order valence-electron chi connectivity index (χ3n) is 7.91. The summed E-state index contributed by atoms with van der Waals surface area (Å²) >= 11 is 0. The van der Waals surface area contributed by atoms with Gasteiger partial charge in [0.05, 0.1) is 44.2 Å². The maximum atomic E-state index is 13.3. The largest absolute Gasteiger partial charge is 0.494 e. The van der Waals surface area contributed by atoms with E-state index in [1.165, 1.54) is 26.4 Å². The molecule has 2 N–H and O–H groups in total. The number of unbranched alkanes of at least 4 members (excludes halogenated alkanes) is 1. The highest BCUT2D eigenvalue weighted by atomic mass is 16.6. The van der Waals surface area contributed by atoms with Gasteiger partial charge in [-0.05, 0) is 78.2 Å². The van der Waals surface area contributed by atoms with Gasteiger partial charge >= 0.3 is 11.9 Å². The van der Waals surface area contributed by atoms with Gasteiger partial charge in [0.2, 0.25) is 0 Å². The van der Waals surface area contributed by atoms with E-state index in [4.69, 9.17) is 18.9 Å². The lowest BCUT2D eigenvalue weighted by Crippen LogP contribution is -2.69. The van der Waals surface area contributed by atoms with Gasteiger partial charge in [0.15, 0.2) is 0 Å². The third kappa shape index (κ3) is 8.67. The maximum Gasteiger partial charge on any atom is 0.311 e. The van der Waals surface area contributed by atoms with E-state index in [1.54, 1.807) is 6.07 Å². The number of nitro groups is 1. The van der Waals surface area contributed by atoms with Crippen LogP contribution in [0, 0.1) is 22.0 Å². The first-order valence-electron chi connectivity index (χ1n) is 14.7. The Morgan fingerprint density at radius 1 is 0.860 bits per heavy atom. The Morgan fingerprint density at radius 2 is 1.44 bits per heavy atom. The number of rotatable bonds is 15. The Kier molecular flexibility index (Phi) is 11.9. The molecule has 11 heteroatoms. The first kappa shape index (κ1) is 33.8. The lowest BCUT2D eigenvalue weighted by molar-refractivity contribution is -0.385. The van der Waals surface area contributed by atoms with E-state index in [-0.39, 0.29) is 5.69 Å². The van der Waals surface area contributed by atoms with Crippen LogP contribution in [0.4, 0.5) is 5.69 Å². The lowest BCUT2D eigenvalue weighted by atomic mass is 9.59. The van der Waals surface area contributed by atoms with Crippen LogP contribution in [0.3, 0.4) is 0 Å². The molecule has 0 aliphatic carbocycles. The Bertz CT molecular complexity index is 1200. The zero-order valence-corrected chi connectivity index (χ0v) is 26.0. The number of esters is 2. The number of hydrogen-bond acceptors (Lipinski definition) is 10. The minimum absolute atomic E-state index is 0.163. The number of non-ortho nitro benzene ring substituents is 1. The van der Waals surface area contributed by atoms with Crippen LogP contribution in [0.15, 0.2) is 48.5 Å². The fourth-order valence-electron chi connectivity index (χ4n) is 6.18. The van der Waals surface area contributed by atoms with E-state index in [2.05, 4.69) is 10.6 Å². The zero-order chi connectivity index (χ0) is 31.6. The molecule has 2 atom stereocenters. The molecule has 0 spiro atoms. The number of nitrogens with zero attached hydrogens (tertiary/aromatic N) is 1. The van der Waals surface area contributed by atoms with Gasteiger partial charge in [0.1, 0.15) is 11.5 Å². The molecule has 43 heavy (non-hydrogen) atoms. The number of piperidine rings is 1. The van der Waals surface area contributed by atoms with Gasteiger partial charge in [-0.3, -0.25) is 19.7 Å². The lowest BCUT2D eigenvalue weighted by Gasteiger charge is -2.54. The molecule has 1 aliphatic heterocycles. The molecule has 1 aliphatic rings. The van der Waals surface area contributed by atoms with Gasteiger partial charge in [-0.1, -0.05) is 18.2 Å². The first-order valence-corrected chi connectivity index (χ1v) is 14.7. The van der Waals surface area contributed by atoms with Crippen LogP contribution >= 0.6 is 0 Å². The van der Waals surface area contributed by atoms with Gasteiger partial charge in [-0.25, -0.2) is 0 Å². The van der Waals surface area contributed by atoms with Crippen molar-refractivity contribution in [3.8, 4) is 11.5 Å². The monoisotopic (exact) mass is 599 g/mol. The molecule has 11 nitrogen and oxygen atoms in total. The minimum Gasteiger partial charge on any atom is -0.494 e. The maximum absolute atomic E-state index is 13.3. The number of para-hydroxylation sites is 1. The van der Waals surface area contributed by atoms with Crippen molar-refractivity contribution in [3.63, 3.8) is 0 Å². The molecule has 0 radical (unpaired) electrons. The summed E-state index contributed by atoms with van der Waals surface area (Å²) in [5, 5.41) is 18.6. The first-order chi connectivity index (χ1) is 20.4. The number of benzene rings is 2. The van der Waals surface area contributed by atoms with E-state index >= 15 is 0 Å². The van der Waals surface area contributed by atoms with Crippen LogP contribution in [0.2, 0.25) is 0 Å². The van der Waals surface area contributed by atoms with Crippen LogP contribution in [0.5, 0.6) is 11.5 Å². The van der Waals surface area contributed by atoms with Crippen molar-refractivity contribution >= 4 is 17.6 Å². The summed E-state index contributed by atoms with van der Waals surface area (Å²) in [6.45, 7) is 10.0. The summed E-state index contributed by atoms with van der Waals surface area (Å²) in [6.07, 6.45) is 2.46. The van der Waals surface area contributed by atoms with E-state index in [1.807, 2.05) is 58.0 Å². The van der Waals surface area contributed by atoms with E-state index in [9.17, 15) is 19.7 Å². The second kappa shape index (κ2) is 15.2.